The Labute approximate surface area is 195 Å². The number of anilines is 2. The molecule has 1 saturated heterocycles. The van der Waals surface area contributed by atoms with Gasteiger partial charge in [-0.2, -0.15) is 0 Å². The molecule has 0 aromatic heterocycles. The highest BCUT2D eigenvalue weighted by Gasteiger charge is 2.20. The van der Waals surface area contributed by atoms with Crippen LogP contribution in [0.15, 0.2) is 71.6 Å². The van der Waals surface area contributed by atoms with Crippen molar-refractivity contribution < 1.29 is 26.8 Å². The third kappa shape index (κ3) is 5.40. The van der Waals surface area contributed by atoms with E-state index in [9.17, 15) is 26.8 Å². The van der Waals surface area contributed by atoms with E-state index in [2.05, 4.69) is 10.0 Å². The van der Waals surface area contributed by atoms with Gasteiger partial charge in [-0.25, -0.2) is 17.2 Å². The number of hydrogen-bond donors (Lipinski definition) is 2. The van der Waals surface area contributed by atoms with Crippen LogP contribution in [0.1, 0.15) is 28.8 Å². The molecule has 10 heteroatoms. The first-order valence-corrected chi connectivity index (χ1v) is 12.0. The molecule has 1 aliphatic rings. The molecule has 7 nitrogen and oxygen atoms in total. The molecule has 0 bridgehead atoms. The second-order valence-corrected chi connectivity index (χ2v) is 9.51. The predicted octanol–water partition coefficient (Wildman–Crippen LogP) is 4.14. The fourth-order valence-electron chi connectivity index (χ4n) is 3.59. The maximum Gasteiger partial charge on any atom is 0.261 e. The molecule has 3 aromatic carbocycles. The van der Waals surface area contributed by atoms with Crippen LogP contribution in [-0.2, 0) is 21.4 Å². The molecule has 3 aromatic rings. The zero-order valence-electron chi connectivity index (χ0n) is 17.9. The van der Waals surface area contributed by atoms with Gasteiger partial charge in [0, 0.05) is 36.4 Å². The Morgan fingerprint density at radius 2 is 1.71 bits per heavy atom. The molecule has 1 fully saturated rings. The van der Waals surface area contributed by atoms with Crippen molar-refractivity contribution in [3.63, 3.8) is 0 Å². The highest BCUT2D eigenvalue weighted by molar-refractivity contribution is 7.92. The smallest absolute Gasteiger partial charge is 0.261 e. The molecule has 4 rings (SSSR count). The van der Waals surface area contributed by atoms with E-state index in [1.54, 1.807) is 23.1 Å². The van der Waals surface area contributed by atoms with Gasteiger partial charge in [-0.1, -0.05) is 12.1 Å². The molecule has 2 amide bonds. The van der Waals surface area contributed by atoms with Gasteiger partial charge in [0.05, 0.1) is 4.90 Å². The molecular weight excluding hydrogens is 464 g/mol. The number of carbonyl (C=O) groups is 2. The van der Waals surface area contributed by atoms with Crippen LogP contribution in [0.5, 0.6) is 0 Å². The lowest BCUT2D eigenvalue weighted by molar-refractivity contribution is -0.128. The van der Waals surface area contributed by atoms with E-state index in [-0.39, 0.29) is 17.2 Å². The molecule has 1 heterocycles. The monoisotopic (exact) mass is 485 g/mol. The number of likely N-dealkylation sites (tertiary alicyclic amines) is 1. The summed E-state index contributed by atoms with van der Waals surface area (Å²) in [6, 6.07) is 15.1. The van der Waals surface area contributed by atoms with Crippen LogP contribution < -0.4 is 10.0 Å². The van der Waals surface area contributed by atoms with Gasteiger partial charge in [0.25, 0.3) is 15.9 Å². The van der Waals surface area contributed by atoms with Gasteiger partial charge in [0.15, 0.2) is 11.6 Å². The number of rotatable bonds is 7. The van der Waals surface area contributed by atoms with E-state index in [1.807, 2.05) is 6.07 Å². The largest absolute Gasteiger partial charge is 0.338 e. The summed E-state index contributed by atoms with van der Waals surface area (Å²) in [7, 11) is -4.14. The first kappa shape index (κ1) is 23.4. The number of carbonyl (C=O) groups excluding carboxylic acids is 2. The molecule has 0 unspecified atom stereocenters. The average Bonchev–Trinajstić information content (AvgIpc) is 3.20. The van der Waals surface area contributed by atoms with E-state index in [4.69, 9.17) is 0 Å². The minimum atomic E-state index is -4.14. The minimum absolute atomic E-state index is 0.120. The van der Waals surface area contributed by atoms with Crippen molar-refractivity contribution in [2.24, 2.45) is 0 Å². The Balaban J connectivity index is 1.41. The van der Waals surface area contributed by atoms with Gasteiger partial charge in [-0.05, 0) is 66.6 Å². The summed E-state index contributed by atoms with van der Waals surface area (Å²) in [6.45, 7) is 1.21. The second kappa shape index (κ2) is 9.60. The first-order chi connectivity index (χ1) is 16.2. The highest BCUT2D eigenvalue weighted by Crippen LogP contribution is 2.20. The fourth-order valence-corrected chi connectivity index (χ4v) is 4.66. The molecule has 0 atom stereocenters. The van der Waals surface area contributed by atoms with Crippen LogP contribution in [0.25, 0.3) is 0 Å². The molecule has 0 spiro atoms. The van der Waals surface area contributed by atoms with Gasteiger partial charge < -0.3 is 10.2 Å². The average molecular weight is 486 g/mol. The number of sulfonamides is 1. The maximum absolute atomic E-state index is 13.4. The lowest BCUT2D eigenvalue weighted by Crippen LogP contribution is -2.23. The number of benzene rings is 3. The predicted molar refractivity (Wildman–Crippen MR) is 123 cm³/mol. The van der Waals surface area contributed by atoms with Crippen molar-refractivity contribution in [3.8, 4) is 0 Å². The summed E-state index contributed by atoms with van der Waals surface area (Å²) < 4.78 is 53.5. The van der Waals surface area contributed by atoms with E-state index in [0.717, 1.165) is 30.7 Å². The number of hydrogen-bond acceptors (Lipinski definition) is 4. The zero-order valence-corrected chi connectivity index (χ0v) is 18.7. The Kier molecular flexibility index (Phi) is 6.60. The normalized spacial score (nSPS) is 13.7. The quantitative estimate of drug-likeness (QED) is 0.526. The minimum Gasteiger partial charge on any atom is -0.338 e. The summed E-state index contributed by atoms with van der Waals surface area (Å²) in [5, 5.41) is 2.78. The Morgan fingerprint density at radius 1 is 0.941 bits per heavy atom. The first-order valence-electron chi connectivity index (χ1n) is 10.5. The lowest BCUT2D eigenvalue weighted by Gasteiger charge is -2.16. The van der Waals surface area contributed by atoms with Gasteiger partial charge >= 0.3 is 0 Å². The SMILES string of the molecule is O=C(Nc1cccc(CN2CCCC2=O)c1)c1ccc(NS(=O)(=O)c2ccc(F)c(F)c2)cc1. The maximum atomic E-state index is 13.4. The molecule has 34 heavy (non-hydrogen) atoms. The molecule has 0 radical (unpaired) electrons. The zero-order chi connectivity index (χ0) is 24.3. The molecule has 0 saturated carbocycles. The molecular formula is C24H21F2N3O4S. The van der Waals surface area contributed by atoms with Gasteiger partial charge in [0.2, 0.25) is 5.91 Å². The molecule has 2 N–H and O–H groups in total. The van der Waals surface area contributed by atoms with E-state index in [0.29, 0.717) is 24.7 Å². The van der Waals surface area contributed by atoms with Crippen LogP contribution in [0.4, 0.5) is 20.2 Å². The lowest BCUT2D eigenvalue weighted by atomic mass is 10.1. The standard InChI is InChI=1S/C24H21F2N3O4S/c25-21-11-10-20(14-22(21)26)34(32,33)28-18-8-6-17(7-9-18)24(31)27-19-4-1-3-16(13-19)15-29-12-2-5-23(29)30/h1,3-4,6-11,13-14,28H,2,5,12,15H2,(H,27,31). The number of amides is 2. The summed E-state index contributed by atoms with van der Waals surface area (Å²) in [6.07, 6.45) is 1.41. The van der Waals surface area contributed by atoms with Crippen molar-refractivity contribution in [1.29, 1.82) is 0 Å². The highest BCUT2D eigenvalue weighted by atomic mass is 32.2. The molecule has 176 valence electrons. The summed E-state index contributed by atoms with van der Waals surface area (Å²) in [5.41, 5.74) is 1.90. The van der Waals surface area contributed by atoms with Crippen molar-refractivity contribution in [2.45, 2.75) is 24.3 Å². The molecule has 1 aliphatic heterocycles. The van der Waals surface area contributed by atoms with Crippen molar-refractivity contribution in [2.75, 3.05) is 16.6 Å². The number of nitrogens with zero attached hydrogens (tertiary/aromatic N) is 1. The van der Waals surface area contributed by atoms with Crippen LogP contribution >= 0.6 is 0 Å². The van der Waals surface area contributed by atoms with Crippen LogP contribution in [0.3, 0.4) is 0 Å². The Bertz CT molecular complexity index is 1340. The molecule has 0 aliphatic carbocycles. The van der Waals surface area contributed by atoms with Crippen LogP contribution in [0, 0.1) is 11.6 Å². The Hall–Kier alpha value is -3.79. The van der Waals surface area contributed by atoms with Gasteiger partial charge in [-0.15, -0.1) is 0 Å². The van der Waals surface area contributed by atoms with Crippen molar-refractivity contribution in [3.05, 3.63) is 89.5 Å². The summed E-state index contributed by atoms with van der Waals surface area (Å²) >= 11 is 0. The van der Waals surface area contributed by atoms with Crippen LogP contribution in [-0.4, -0.2) is 31.7 Å². The van der Waals surface area contributed by atoms with Crippen LogP contribution in [0.2, 0.25) is 0 Å². The summed E-state index contributed by atoms with van der Waals surface area (Å²) in [4.78, 5) is 25.8. The third-order valence-electron chi connectivity index (χ3n) is 5.33. The van der Waals surface area contributed by atoms with E-state index < -0.39 is 32.5 Å². The fraction of sp³-hybridized carbons (Fsp3) is 0.167. The van der Waals surface area contributed by atoms with Crippen molar-refractivity contribution >= 4 is 33.2 Å². The summed E-state index contributed by atoms with van der Waals surface area (Å²) in [5.74, 6) is -2.70. The van der Waals surface area contributed by atoms with Gasteiger partial charge in [0.1, 0.15) is 0 Å². The van der Waals surface area contributed by atoms with Gasteiger partial charge in [-0.3, -0.25) is 14.3 Å². The topological polar surface area (TPSA) is 95.6 Å². The van der Waals surface area contributed by atoms with E-state index >= 15 is 0 Å². The number of nitrogens with one attached hydrogen (secondary N) is 2. The third-order valence-corrected chi connectivity index (χ3v) is 6.71. The number of halogens is 2. The van der Waals surface area contributed by atoms with E-state index in [1.165, 1.54) is 24.3 Å². The van der Waals surface area contributed by atoms with Crippen molar-refractivity contribution in [1.82, 2.24) is 4.90 Å². The second-order valence-electron chi connectivity index (χ2n) is 7.83. The Morgan fingerprint density at radius 3 is 2.38 bits per heavy atom.